The van der Waals surface area contributed by atoms with Crippen molar-refractivity contribution in [3.63, 3.8) is 0 Å². The fourth-order valence-electron chi connectivity index (χ4n) is 2.82. The fraction of sp³-hybridized carbons (Fsp3) is 0.667. The van der Waals surface area contributed by atoms with Crippen LogP contribution in [0.4, 0.5) is 5.82 Å². The predicted molar refractivity (Wildman–Crippen MR) is 80.6 cm³/mol. The van der Waals surface area contributed by atoms with Crippen LogP contribution in [0.1, 0.15) is 51.9 Å². The summed E-state index contributed by atoms with van der Waals surface area (Å²) < 4.78 is 0. The summed E-state index contributed by atoms with van der Waals surface area (Å²) in [7, 11) is 0. The highest BCUT2D eigenvalue weighted by atomic mass is 35.5. The quantitative estimate of drug-likeness (QED) is 0.891. The van der Waals surface area contributed by atoms with Crippen molar-refractivity contribution in [1.29, 1.82) is 0 Å². The lowest BCUT2D eigenvalue weighted by Gasteiger charge is -2.27. The second-order valence-corrected chi connectivity index (χ2v) is 5.98. The van der Waals surface area contributed by atoms with Gasteiger partial charge >= 0.3 is 0 Å². The van der Waals surface area contributed by atoms with Crippen LogP contribution in [0, 0.1) is 11.8 Å². The average Bonchev–Trinajstić information content (AvgIpc) is 2.48. The molecule has 0 radical (unpaired) electrons. The third kappa shape index (κ3) is 4.44. The molecule has 2 rings (SSSR count). The Morgan fingerprint density at radius 1 is 1.30 bits per heavy atom. The van der Waals surface area contributed by atoms with E-state index >= 15 is 0 Å². The second kappa shape index (κ2) is 7.58. The molecule has 1 amide bonds. The zero-order chi connectivity index (χ0) is 14.4. The second-order valence-electron chi connectivity index (χ2n) is 5.59. The molecule has 1 aliphatic rings. The van der Waals surface area contributed by atoms with Crippen molar-refractivity contribution in [3.05, 3.63) is 17.3 Å². The third-order valence-corrected chi connectivity index (χ3v) is 4.27. The molecule has 0 aromatic carbocycles. The molecular formula is C15H22ClN3O. The van der Waals surface area contributed by atoms with Crippen molar-refractivity contribution < 1.29 is 4.79 Å². The molecule has 0 unspecified atom stereocenters. The number of aromatic nitrogens is 2. The van der Waals surface area contributed by atoms with Crippen LogP contribution in [0.2, 0.25) is 5.15 Å². The lowest BCUT2D eigenvalue weighted by molar-refractivity contribution is -0.121. The van der Waals surface area contributed by atoms with Crippen LogP contribution >= 0.6 is 11.6 Å². The normalized spacial score (nSPS) is 22.5. The molecule has 110 valence electrons. The number of nitrogens with zero attached hydrogens (tertiary/aromatic N) is 2. The van der Waals surface area contributed by atoms with Gasteiger partial charge in [-0.2, -0.15) is 0 Å². The molecule has 1 aliphatic carbocycles. The third-order valence-electron chi connectivity index (χ3n) is 4.07. The van der Waals surface area contributed by atoms with Gasteiger partial charge in [0, 0.05) is 5.92 Å². The van der Waals surface area contributed by atoms with E-state index in [1.54, 1.807) is 12.1 Å². The van der Waals surface area contributed by atoms with Crippen molar-refractivity contribution in [2.75, 3.05) is 5.32 Å². The van der Waals surface area contributed by atoms with Crippen molar-refractivity contribution in [2.24, 2.45) is 11.8 Å². The first kappa shape index (κ1) is 15.2. The van der Waals surface area contributed by atoms with Crippen molar-refractivity contribution in [1.82, 2.24) is 10.2 Å². The fourth-order valence-corrected chi connectivity index (χ4v) is 2.92. The molecule has 4 nitrogen and oxygen atoms in total. The molecule has 1 aromatic rings. The van der Waals surface area contributed by atoms with Crippen LogP contribution in [0.3, 0.4) is 0 Å². The highest BCUT2D eigenvalue weighted by molar-refractivity contribution is 6.29. The summed E-state index contributed by atoms with van der Waals surface area (Å²) in [6.07, 6.45) is 8.20. The first-order chi connectivity index (χ1) is 9.69. The summed E-state index contributed by atoms with van der Waals surface area (Å²) in [4.78, 5) is 12.2. The summed E-state index contributed by atoms with van der Waals surface area (Å²) >= 11 is 5.67. The van der Waals surface area contributed by atoms with Gasteiger partial charge in [-0.15, -0.1) is 10.2 Å². The van der Waals surface area contributed by atoms with Gasteiger partial charge in [-0.25, -0.2) is 0 Å². The number of hydrogen-bond donors (Lipinski definition) is 1. The first-order valence-corrected chi connectivity index (χ1v) is 7.87. The highest BCUT2D eigenvalue weighted by Crippen LogP contribution is 2.32. The molecule has 0 atom stereocenters. The molecule has 0 bridgehead atoms. The lowest BCUT2D eigenvalue weighted by atomic mass is 9.79. The number of amides is 1. The van der Waals surface area contributed by atoms with Crippen LogP contribution in [0.15, 0.2) is 12.1 Å². The zero-order valence-electron chi connectivity index (χ0n) is 11.9. The Labute approximate surface area is 125 Å². The van der Waals surface area contributed by atoms with Gasteiger partial charge < -0.3 is 5.32 Å². The molecule has 1 aromatic heterocycles. The Morgan fingerprint density at radius 3 is 2.65 bits per heavy atom. The van der Waals surface area contributed by atoms with Gasteiger partial charge in [0.25, 0.3) is 0 Å². The molecule has 1 fully saturated rings. The van der Waals surface area contributed by atoms with Gasteiger partial charge in [0.1, 0.15) is 0 Å². The van der Waals surface area contributed by atoms with E-state index in [9.17, 15) is 4.79 Å². The van der Waals surface area contributed by atoms with Gasteiger partial charge in [0.15, 0.2) is 11.0 Å². The summed E-state index contributed by atoms with van der Waals surface area (Å²) in [5.74, 6) is 1.47. The maximum absolute atomic E-state index is 12.2. The van der Waals surface area contributed by atoms with Gasteiger partial charge in [-0.05, 0) is 43.7 Å². The van der Waals surface area contributed by atoms with E-state index in [2.05, 4.69) is 22.4 Å². The molecule has 20 heavy (non-hydrogen) atoms. The number of unbranched alkanes of at least 4 members (excludes halogenated alkanes) is 1. The standard InChI is InChI=1S/C15H22ClN3O/c1-2-3-4-11-5-7-12(8-6-11)15(20)17-14-10-9-13(16)18-19-14/h9-12H,2-8H2,1H3,(H,17,19,20). The first-order valence-electron chi connectivity index (χ1n) is 7.49. The highest BCUT2D eigenvalue weighted by Gasteiger charge is 2.26. The van der Waals surface area contributed by atoms with Crippen molar-refractivity contribution >= 4 is 23.3 Å². The predicted octanol–water partition coefficient (Wildman–Crippen LogP) is 4.07. The summed E-state index contributed by atoms with van der Waals surface area (Å²) in [6, 6.07) is 3.31. The largest absolute Gasteiger partial charge is 0.309 e. The van der Waals surface area contributed by atoms with E-state index in [0.29, 0.717) is 11.0 Å². The lowest BCUT2D eigenvalue weighted by Crippen LogP contribution is -2.27. The Balaban J connectivity index is 1.78. The Bertz CT molecular complexity index is 427. The number of rotatable bonds is 5. The molecule has 1 N–H and O–H groups in total. The van der Waals surface area contributed by atoms with Crippen LogP contribution in [-0.4, -0.2) is 16.1 Å². The molecule has 1 heterocycles. The van der Waals surface area contributed by atoms with Gasteiger partial charge in [0.2, 0.25) is 5.91 Å². The maximum atomic E-state index is 12.2. The minimum absolute atomic E-state index is 0.0653. The van der Waals surface area contributed by atoms with Crippen molar-refractivity contribution in [3.8, 4) is 0 Å². The van der Waals surface area contributed by atoms with Crippen LogP contribution in [-0.2, 0) is 4.79 Å². The topological polar surface area (TPSA) is 54.9 Å². The number of nitrogens with one attached hydrogen (secondary N) is 1. The van der Waals surface area contributed by atoms with Crippen molar-refractivity contribution in [2.45, 2.75) is 51.9 Å². The Morgan fingerprint density at radius 2 is 2.05 bits per heavy atom. The van der Waals surface area contributed by atoms with E-state index in [-0.39, 0.29) is 11.8 Å². The Kier molecular flexibility index (Phi) is 5.77. The smallest absolute Gasteiger partial charge is 0.228 e. The van der Waals surface area contributed by atoms with Gasteiger partial charge in [0.05, 0.1) is 0 Å². The van der Waals surface area contributed by atoms with E-state index in [4.69, 9.17) is 11.6 Å². The van der Waals surface area contributed by atoms with Gasteiger partial charge in [-0.3, -0.25) is 4.79 Å². The number of anilines is 1. The van der Waals surface area contributed by atoms with E-state index < -0.39 is 0 Å². The molecular weight excluding hydrogens is 274 g/mol. The van der Waals surface area contributed by atoms with E-state index in [1.165, 1.54) is 32.1 Å². The number of carbonyl (C=O) groups excluding carboxylic acids is 1. The number of hydrogen-bond acceptors (Lipinski definition) is 3. The van der Waals surface area contributed by atoms with Gasteiger partial charge in [-0.1, -0.05) is 37.8 Å². The molecule has 5 heteroatoms. The molecule has 0 saturated heterocycles. The van der Waals surface area contributed by atoms with E-state index in [0.717, 1.165) is 18.8 Å². The average molecular weight is 296 g/mol. The summed E-state index contributed by atoms with van der Waals surface area (Å²) in [5.41, 5.74) is 0. The monoisotopic (exact) mass is 295 g/mol. The van der Waals surface area contributed by atoms with Crippen LogP contribution in [0.5, 0.6) is 0 Å². The van der Waals surface area contributed by atoms with Crippen LogP contribution < -0.4 is 5.32 Å². The Hall–Kier alpha value is -1.16. The summed E-state index contributed by atoms with van der Waals surface area (Å²) in [5, 5.41) is 10.7. The number of carbonyl (C=O) groups is 1. The number of halogens is 1. The van der Waals surface area contributed by atoms with E-state index in [1.807, 2.05) is 0 Å². The molecule has 1 saturated carbocycles. The molecule has 0 aliphatic heterocycles. The SMILES string of the molecule is CCCCC1CCC(C(=O)Nc2ccc(Cl)nn2)CC1. The minimum Gasteiger partial charge on any atom is -0.309 e. The maximum Gasteiger partial charge on any atom is 0.228 e. The minimum atomic E-state index is 0.0653. The molecule has 0 spiro atoms. The summed E-state index contributed by atoms with van der Waals surface area (Å²) in [6.45, 7) is 2.23. The van der Waals surface area contributed by atoms with Crippen LogP contribution in [0.25, 0.3) is 0 Å². The zero-order valence-corrected chi connectivity index (χ0v) is 12.7.